The van der Waals surface area contributed by atoms with E-state index in [1.807, 2.05) is 6.92 Å². The van der Waals surface area contributed by atoms with Gasteiger partial charge in [0.1, 0.15) is 0 Å². The molecule has 5 nitrogen and oxygen atoms in total. The number of nitrogen functional groups attached to an aromatic ring is 1. The van der Waals surface area contributed by atoms with Crippen LogP contribution in [0, 0.1) is 0 Å². The van der Waals surface area contributed by atoms with Crippen LogP contribution in [0.5, 0.6) is 0 Å². The molecule has 1 saturated heterocycles. The topological polar surface area (TPSA) is 75.3 Å². The predicted molar refractivity (Wildman–Crippen MR) is 58.5 cm³/mol. The molecule has 0 radical (unpaired) electrons. The van der Waals surface area contributed by atoms with Gasteiger partial charge in [-0.25, -0.2) is 9.97 Å². The molecule has 5 heteroatoms. The fraction of sp³-hybridized carbons (Fsp3) is 0.600. The van der Waals surface area contributed by atoms with E-state index in [0.717, 1.165) is 31.7 Å². The number of hydrogen-bond acceptors (Lipinski definition) is 5. The van der Waals surface area contributed by atoms with Gasteiger partial charge in [-0.2, -0.15) is 0 Å². The zero-order valence-electron chi connectivity index (χ0n) is 8.85. The molecule has 2 heterocycles. The lowest BCUT2D eigenvalue weighted by Crippen LogP contribution is -2.43. The number of anilines is 2. The zero-order valence-corrected chi connectivity index (χ0v) is 8.85. The van der Waals surface area contributed by atoms with Crippen molar-refractivity contribution in [2.45, 2.75) is 25.4 Å². The van der Waals surface area contributed by atoms with Crippen molar-refractivity contribution in [3.8, 4) is 0 Å². The smallest absolute Gasteiger partial charge is 0.171 e. The molecule has 0 spiro atoms. The Morgan fingerprint density at radius 2 is 1.93 bits per heavy atom. The molecule has 3 N–H and O–H groups in total. The Kier molecular flexibility index (Phi) is 2.48. The minimum absolute atomic E-state index is 0.457. The van der Waals surface area contributed by atoms with Gasteiger partial charge in [-0.15, -0.1) is 0 Å². The van der Waals surface area contributed by atoms with Crippen LogP contribution in [-0.4, -0.2) is 33.8 Å². The van der Waals surface area contributed by atoms with Gasteiger partial charge in [-0.3, -0.25) is 0 Å². The number of rotatable bonds is 1. The van der Waals surface area contributed by atoms with Gasteiger partial charge in [-0.1, -0.05) is 0 Å². The molecule has 1 aromatic heterocycles. The van der Waals surface area contributed by atoms with Gasteiger partial charge in [0.2, 0.25) is 0 Å². The van der Waals surface area contributed by atoms with E-state index in [9.17, 15) is 5.11 Å². The summed E-state index contributed by atoms with van der Waals surface area (Å²) in [4.78, 5) is 10.3. The largest absolute Gasteiger partial charge is 0.390 e. The van der Waals surface area contributed by atoms with Gasteiger partial charge in [0.25, 0.3) is 0 Å². The molecule has 15 heavy (non-hydrogen) atoms. The third-order valence-corrected chi connectivity index (χ3v) is 2.85. The van der Waals surface area contributed by atoms with E-state index < -0.39 is 5.60 Å². The van der Waals surface area contributed by atoms with Crippen LogP contribution >= 0.6 is 0 Å². The molecule has 1 aliphatic heterocycles. The number of aromatic nitrogens is 2. The number of hydrogen-bond donors (Lipinski definition) is 2. The highest BCUT2D eigenvalue weighted by Gasteiger charge is 2.28. The summed E-state index contributed by atoms with van der Waals surface area (Å²) in [6, 6.07) is 0. The van der Waals surface area contributed by atoms with Crippen molar-refractivity contribution in [3.05, 3.63) is 12.4 Å². The van der Waals surface area contributed by atoms with Crippen molar-refractivity contribution in [2.24, 2.45) is 0 Å². The molecule has 0 aromatic carbocycles. The summed E-state index contributed by atoms with van der Waals surface area (Å²) < 4.78 is 0. The summed E-state index contributed by atoms with van der Waals surface area (Å²) in [5.41, 5.74) is 5.19. The van der Waals surface area contributed by atoms with Crippen LogP contribution in [0.1, 0.15) is 19.8 Å². The quantitative estimate of drug-likeness (QED) is 0.699. The van der Waals surface area contributed by atoms with Crippen LogP contribution in [-0.2, 0) is 0 Å². The van der Waals surface area contributed by atoms with E-state index in [1.54, 1.807) is 12.4 Å². The molecule has 1 aromatic rings. The summed E-state index contributed by atoms with van der Waals surface area (Å²) in [6.45, 7) is 3.41. The third-order valence-electron chi connectivity index (χ3n) is 2.85. The molecule has 82 valence electrons. The lowest BCUT2D eigenvalue weighted by molar-refractivity contribution is 0.0350. The average Bonchev–Trinajstić information content (AvgIpc) is 2.19. The minimum Gasteiger partial charge on any atom is -0.390 e. The lowest BCUT2D eigenvalue weighted by Gasteiger charge is -2.36. The van der Waals surface area contributed by atoms with Crippen molar-refractivity contribution in [2.75, 3.05) is 23.7 Å². The maximum Gasteiger partial charge on any atom is 0.171 e. The number of nitrogens with zero attached hydrogens (tertiary/aromatic N) is 3. The molecule has 0 saturated carbocycles. The van der Waals surface area contributed by atoms with Crippen molar-refractivity contribution < 1.29 is 5.11 Å². The van der Waals surface area contributed by atoms with E-state index in [0.29, 0.717) is 5.82 Å². The van der Waals surface area contributed by atoms with Crippen molar-refractivity contribution in [1.82, 2.24) is 9.97 Å². The van der Waals surface area contributed by atoms with Gasteiger partial charge >= 0.3 is 0 Å². The molecule has 0 bridgehead atoms. The van der Waals surface area contributed by atoms with Crippen LogP contribution < -0.4 is 10.6 Å². The fourth-order valence-corrected chi connectivity index (χ4v) is 1.79. The molecule has 0 amide bonds. The Hall–Kier alpha value is -1.36. The van der Waals surface area contributed by atoms with E-state index in [2.05, 4.69) is 14.9 Å². The van der Waals surface area contributed by atoms with Gasteiger partial charge in [0, 0.05) is 25.5 Å². The Bertz CT molecular complexity index is 343. The van der Waals surface area contributed by atoms with Crippen LogP contribution in [0.2, 0.25) is 0 Å². The van der Waals surface area contributed by atoms with Gasteiger partial charge in [-0.05, 0) is 19.8 Å². The van der Waals surface area contributed by atoms with E-state index in [4.69, 9.17) is 5.73 Å². The molecular weight excluding hydrogens is 192 g/mol. The van der Waals surface area contributed by atoms with E-state index in [-0.39, 0.29) is 0 Å². The molecular formula is C10H16N4O. The fourth-order valence-electron chi connectivity index (χ4n) is 1.79. The molecule has 0 aliphatic carbocycles. The highest BCUT2D eigenvalue weighted by molar-refractivity contribution is 5.57. The Labute approximate surface area is 88.9 Å². The van der Waals surface area contributed by atoms with Crippen molar-refractivity contribution in [1.29, 1.82) is 0 Å². The monoisotopic (exact) mass is 208 g/mol. The van der Waals surface area contributed by atoms with Gasteiger partial charge in [0.15, 0.2) is 11.6 Å². The number of nitrogens with two attached hydrogens (primary N) is 1. The molecule has 1 aliphatic rings. The Morgan fingerprint density at radius 1 is 1.33 bits per heavy atom. The molecule has 2 rings (SSSR count). The first-order chi connectivity index (χ1) is 7.08. The third kappa shape index (κ3) is 2.18. The van der Waals surface area contributed by atoms with Crippen LogP contribution in [0.25, 0.3) is 0 Å². The summed E-state index contributed by atoms with van der Waals surface area (Å²) >= 11 is 0. The molecule has 0 unspecified atom stereocenters. The predicted octanol–water partition coefficient (Wildman–Crippen LogP) is 0.410. The maximum atomic E-state index is 9.81. The molecule has 0 atom stereocenters. The van der Waals surface area contributed by atoms with Gasteiger partial charge < -0.3 is 15.7 Å². The van der Waals surface area contributed by atoms with E-state index >= 15 is 0 Å². The van der Waals surface area contributed by atoms with Gasteiger partial charge in [0.05, 0.1) is 5.60 Å². The minimum atomic E-state index is -0.548. The maximum absolute atomic E-state index is 9.81. The second-order valence-electron chi connectivity index (χ2n) is 4.25. The highest BCUT2D eigenvalue weighted by atomic mass is 16.3. The summed E-state index contributed by atoms with van der Waals surface area (Å²) in [6.07, 6.45) is 4.70. The van der Waals surface area contributed by atoms with Crippen LogP contribution in [0.3, 0.4) is 0 Å². The van der Waals surface area contributed by atoms with Crippen molar-refractivity contribution in [3.63, 3.8) is 0 Å². The summed E-state index contributed by atoms with van der Waals surface area (Å²) in [5, 5.41) is 9.81. The Balaban J connectivity index is 2.11. The standard InChI is InChI=1S/C10H16N4O/c1-10(15)2-6-14(7-3-10)9-8(11)12-4-5-13-9/h4-5,15H,2-3,6-7H2,1H3,(H2,11,12). The first-order valence-electron chi connectivity index (χ1n) is 5.12. The number of piperidine rings is 1. The average molecular weight is 208 g/mol. The van der Waals surface area contributed by atoms with Crippen LogP contribution in [0.15, 0.2) is 12.4 Å². The lowest BCUT2D eigenvalue weighted by atomic mass is 9.94. The first-order valence-corrected chi connectivity index (χ1v) is 5.12. The second kappa shape index (κ2) is 3.66. The number of aliphatic hydroxyl groups is 1. The van der Waals surface area contributed by atoms with Crippen molar-refractivity contribution >= 4 is 11.6 Å². The molecule has 1 fully saturated rings. The normalized spacial score (nSPS) is 20.3. The Morgan fingerprint density at radius 3 is 2.53 bits per heavy atom. The highest BCUT2D eigenvalue weighted by Crippen LogP contribution is 2.26. The summed E-state index contributed by atoms with van der Waals surface area (Å²) in [7, 11) is 0. The van der Waals surface area contributed by atoms with Crippen LogP contribution in [0.4, 0.5) is 11.6 Å². The zero-order chi connectivity index (χ0) is 10.9. The SMILES string of the molecule is CC1(O)CCN(c2nccnc2N)CC1. The summed E-state index contributed by atoms with van der Waals surface area (Å²) in [5.74, 6) is 1.19. The van der Waals surface area contributed by atoms with E-state index in [1.165, 1.54) is 0 Å². The second-order valence-corrected chi connectivity index (χ2v) is 4.25. The first kappa shape index (κ1) is 10.2.